The Morgan fingerprint density at radius 1 is 0.978 bits per heavy atom. The van der Waals surface area contributed by atoms with Crippen LogP contribution in [0, 0.1) is 28.4 Å². The Morgan fingerprint density at radius 2 is 1.59 bits per heavy atom. The molecule has 3 aliphatic rings. The average Bonchev–Trinajstić information content (AvgIpc) is 3.59. The molecule has 2 saturated heterocycles. The maximum absolute atomic E-state index is 15.2. The minimum Gasteiger partial charge on any atom is -0.347 e. The molecule has 3 fully saturated rings. The SMILES string of the molecule is CN(C)C(=O)[C@@H]1C[C@H](N(C(=O)C(C)(C)CN)C2CCC(C)(C)CC2)CN1C(=O)C1CN(C(C)(C)C)C[C@H]1c1ccc(F)cc1F.Cl. The van der Waals surface area contributed by atoms with E-state index in [2.05, 4.69) is 39.5 Å². The van der Waals surface area contributed by atoms with Crippen molar-refractivity contribution in [2.24, 2.45) is 22.5 Å². The average molecular weight is 668 g/mol. The molecule has 1 saturated carbocycles. The van der Waals surface area contributed by atoms with Gasteiger partial charge in [0.05, 0.1) is 17.4 Å². The van der Waals surface area contributed by atoms with Crippen LogP contribution >= 0.6 is 12.4 Å². The highest BCUT2D eigenvalue weighted by Crippen LogP contribution is 2.42. The number of carbonyl (C=O) groups is 3. The van der Waals surface area contributed by atoms with Gasteiger partial charge in [0, 0.05) is 63.8 Å². The third-order valence-electron chi connectivity index (χ3n) is 10.7. The number of rotatable bonds is 7. The van der Waals surface area contributed by atoms with Crippen LogP contribution in [0.25, 0.3) is 0 Å². The number of likely N-dealkylation sites (tertiary alicyclic amines) is 2. The van der Waals surface area contributed by atoms with Crippen LogP contribution in [0.15, 0.2) is 18.2 Å². The molecule has 1 unspecified atom stereocenters. The van der Waals surface area contributed by atoms with Gasteiger partial charge in [0.25, 0.3) is 0 Å². The van der Waals surface area contributed by atoms with Crippen molar-refractivity contribution >= 4 is 30.1 Å². The zero-order chi connectivity index (χ0) is 33.6. The maximum Gasteiger partial charge on any atom is 0.244 e. The number of hydrogen-bond acceptors (Lipinski definition) is 5. The van der Waals surface area contributed by atoms with E-state index in [1.54, 1.807) is 19.0 Å². The zero-order valence-electron chi connectivity index (χ0n) is 29.2. The summed E-state index contributed by atoms with van der Waals surface area (Å²) in [5, 5.41) is 0. The predicted molar refractivity (Wildman–Crippen MR) is 179 cm³/mol. The molecule has 3 amide bonds. The molecule has 2 aliphatic heterocycles. The summed E-state index contributed by atoms with van der Waals surface area (Å²) in [7, 11) is 3.35. The number of carbonyl (C=O) groups excluding carboxylic acids is 3. The van der Waals surface area contributed by atoms with Gasteiger partial charge in [0.2, 0.25) is 17.7 Å². The van der Waals surface area contributed by atoms with Gasteiger partial charge in [-0.1, -0.05) is 19.9 Å². The van der Waals surface area contributed by atoms with E-state index in [0.29, 0.717) is 25.1 Å². The molecule has 8 nitrogen and oxygen atoms in total. The molecule has 1 aromatic carbocycles. The van der Waals surface area contributed by atoms with Gasteiger partial charge in [-0.05, 0) is 83.8 Å². The fourth-order valence-corrected chi connectivity index (χ4v) is 7.45. The minimum absolute atomic E-state index is 0. The zero-order valence-corrected chi connectivity index (χ0v) is 30.1. The molecule has 0 radical (unpaired) electrons. The minimum atomic E-state index is -0.796. The lowest BCUT2D eigenvalue weighted by Crippen LogP contribution is -2.55. The third-order valence-corrected chi connectivity index (χ3v) is 10.7. The van der Waals surface area contributed by atoms with Gasteiger partial charge < -0.3 is 20.4 Å². The van der Waals surface area contributed by atoms with Crippen molar-refractivity contribution in [3.63, 3.8) is 0 Å². The number of nitrogens with two attached hydrogens (primary N) is 1. The normalized spacial score (nSPS) is 25.7. The molecule has 0 aromatic heterocycles. The van der Waals surface area contributed by atoms with Crippen molar-refractivity contribution in [3.8, 4) is 0 Å². The van der Waals surface area contributed by atoms with E-state index in [9.17, 15) is 18.8 Å². The van der Waals surface area contributed by atoms with E-state index in [-0.39, 0.29) is 66.3 Å². The summed E-state index contributed by atoms with van der Waals surface area (Å²) < 4.78 is 29.1. The van der Waals surface area contributed by atoms with Gasteiger partial charge >= 0.3 is 0 Å². The second-order valence-electron chi connectivity index (χ2n) is 16.3. The van der Waals surface area contributed by atoms with Gasteiger partial charge in [0.15, 0.2) is 0 Å². The molecule has 1 aromatic rings. The molecule has 2 N–H and O–H groups in total. The predicted octanol–water partition coefficient (Wildman–Crippen LogP) is 5.04. The van der Waals surface area contributed by atoms with Crippen LogP contribution in [0.4, 0.5) is 8.78 Å². The van der Waals surface area contributed by atoms with E-state index in [4.69, 9.17) is 5.73 Å². The number of halogens is 3. The standard InChI is InChI=1S/C35H55F2N5O3.ClH/c1-33(2,3)40-19-26(25-11-10-22(36)16-28(25)37)27(20-40)30(43)41-18-24(17-29(41)31(44)39(8)9)42(32(45)35(6,7)21-38)23-12-14-34(4,5)15-13-23;/h10-11,16,23-24,26-27,29H,12-15,17-21,38H2,1-9H3;1H/t24-,26-,27?,29-;/m0./s1. The molecule has 260 valence electrons. The summed E-state index contributed by atoms with van der Waals surface area (Å²) in [5.74, 6) is -2.96. The second kappa shape index (κ2) is 14.0. The highest BCUT2D eigenvalue weighted by Gasteiger charge is 2.52. The Morgan fingerprint density at radius 3 is 2.11 bits per heavy atom. The molecule has 4 atom stereocenters. The van der Waals surface area contributed by atoms with Crippen LogP contribution in [-0.4, -0.2) is 101 Å². The number of amides is 3. The third kappa shape index (κ3) is 7.87. The largest absolute Gasteiger partial charge is 0.347 e. The topological polar surface area (TPSA) is 90.2 Å². The molecule has 0 bridgehead atoms. The molecule has 0 spiro atoms. The fourth-order valence-electron chi connectivity index (χ4n) is 7.45. The Kier molecular flexibility index (Phi) is 11.7. The first-order valence-corrected chi connectivity index (χ1v) is 16.5. The van der Waals surface area contributed by atoms with Crippen molar-refractivity contribution in [1.29, 1.82) is 0 Å². The summed E-state index contributed by atoms with van der Waals surface area (Å²) in [6.07, 6.45) is 4.00. The van der Waals surface area contributed by atoms with E-state index in [1.165, 1.54) is 17.0 Å². The molecule has 11 heteroatoms. The van der Waals surface area contributed by atoms with Crippen LogP contribution in [0.1, 0.15) is 92.1 Å². The maximum atomic E-state index is 15.2. The quantitative estimate of drug-likeness (QED) is 0.440. The van der Waals surface area contributed by atoms with Crippen molar-refractivity contribution in [2.45, 2.75) is 110 Å². The first-order valence-electron chi connectivity index (χ1n) is 16.5. The summed E-state index contributed by atoms with van der Waals surface area (Å²) >= 11 is 0. The van der Waals surface area contributed by atoms with Gasteiger partial charge in [-0.15, -0.1) is 12.4 Å². The summed E-state index contributed by atoms with van der Waals surface area (Å²) in [4.78, 5) is 49.9. The van der Waals surface area contributed by atoms with Crippen LogP contribution in [0.3, 0.4) is 0 Å². The summed E-state index contributed by atoms with van der Waals surface area (Å²) in [6, 6.07) is 2.43. The van der Waals surface area contributed by atoms with Gasteiger partial charge in [0.1, 0.15) is 17.7 Å². The summed E-state index contributed by atoms with van der Waals surface area (Å²) in [5.41, 5.74) is 5.51. The van der Waals surface area contributed by atoms with Gasteiger partial charge in [-0.3, -0.25) is 19.3 Å². The van der Waals surface area contributed by atoms with E-state index >= 15 is 4.39 Å². The lowest BCUT2D eigenvalue weighted by Gasteiger charge is -2.45. The highest BCUT2D eigenvalue weighted by molar-refractivity contribution is 5.90. The van der Waals surface area contributed by atoms with Gasteiger partial charge in [-0.2, -0.15) is 0 Å². The Balaban J connectivity index is 0.00000576. The van der Waals surface area contributed by atoms with Crippen LogP contribution in [-0.2, 0) is 14.4 Å². The number of hydrogen-bond donors (Lipinski definition) is 1. The number of likely N-dealkylation sites (N-methyl/N-ethyl adjacent to an activating group) is 1. The van der Waals surface area contributed by atoms with Crippen molar-refractivity contribution in [3.05, 3.63) is 35.4 Å². The molecule has 2 heterocycles. The van der Waals surface area contributed by atoms with E-state index in [0.717, 1.165) is 31.7 Å². The van der Waals surface area contributed by atoms with Crippen molar-refractivity contribution in [1.82, 2.24) is 19.6 Å². The molecule has 46 heavy (non-hydrogen) atoms. The van der Waals surface area contributed by atoms with Crippen molar-refractivity contribution in [2.75, 3.05) is 40.3 Å². The van der Waals surface area contributed by atoms with Crippen LogP contribution in [0.2, 0.25) is 0 Å². The Labute approximate surface area is 280 Å². The second-order valence-corrected chi connectivity index (χ2v) is 16.3. The molecular weight excluding hydrogens is 612 g/mol. The van der Waals surface area contributed by atoms with E-state index in [1.807, 2.05) is 18.7 Å². The molecule has 4 rings (SSSR count). The summed E-state index contributed by atoms with van der Waals surface area (Å²) in [6.45, 7) is 15.6. The molecule has 1 aliphatic carbocycles. The lowest BCUT2D eigenvalue weighted by molar-refractivity contribution is -0.147. The number of nitrogens with zero attached hydrogens (tertiary/aromatic N) is 4. The first-order chi connectivity index (χ1) is 20.8. The van der Waals surface area contributed by atoms with Crippen LogP contribution < -0.4 is 5.73 Å². The Hall–Kier alpha value is -2.30. The van der Waals surface area contributed by atoms with Gasteiger partial charge in [-0.25, -0.2) is 8.78 Å². The monoisotopic (exact) mass is 667 g/mol. The Bertz CT molecular complexity index is 1270. The van der Waals surface area contributed by atoms with Crippen LogP contribution in [0.5, 0.6) is 0 Å². The first kappa shape index (κ1) is 38.2. The lowest BCUT2D eigenvalue weighted by atomic mass is 9.74. The smallest absolute Gasteiger partial charge is 0.244 e. The highest BCUT2D eigenvalue weighted by atomic mass is 35.5. The van der Waals surface area contributed by atoms with Crippen molar-refractivity contribution < 1.29 is 23.2 Å². The molecular formula is C35H56ClF2N5O3. The fraction of sp³-hybridized carbons (Fsp3) is 0.743. The van der Waals surface area contributed by atoms with E-state index < -0.39 is 34.9 Å². The number of benzene rings is 1.